The Balaban J connectivity index is 1.27. The second kappa shape index (κ2) is 9.56. The number of likely N-dealkylation sites (tertiary alicyclic amines) is 1. The van der Waals surface area contributed by atoms with Crippen LogP contribution in [0.2, 0.25) is 0 Å². The summed E-state index contributed by atoms with van der Waals surface area (Å²) in [5, 5.41) is 2.99. The molecule has 1 aromatic carbocycles. The molecule has 1 aromatic heterocycles. The Kier molecular flexibility index (Phi) is 6.61. The van der Waals surface area contributed by atoms with E-state index >= 15 is 0 Å². The zero-order valence-electron chi connectivity index (χ0n) is 17.6. The van der Waals surface area contributed by atoms with E-state index in [1.54, 1.807) is 29.4 Å². The number of pyridine rings is 1. The molecular formula is C24H28FN3O3. The lowest BCUT2D eigenvalue weighted by Gasteiger charge is -2.46. The van der Waals surface area contributed by atoms with Crippen molar-refractivity contribution in [2.24, 2.45) is 5.92 Å². The van der Waals surface area contributed by atoms with Crippen molar-refractivity contribution >= 4 is 11.8 Å². The van der Waals surface area contributed by atoms with E-state index in [4.69, 9.17) is 4.74 Å². The normalized spacial score (nSPS) is 20.4. The van der Waals surface area contributed by atoms with Gasteiger partial charge in [0.2, 0.25) is 5.91 Å². The van der Waals surface area contributed by atoms with Crippen molar-refractivity contribution in [1.82, 2.24) is 15.2 Å². The summed E-state index contributed by atoms with van der Waals surface area (Å²) in [6, 6.07) is 9.61. The minimum absolute atomic E-state index is 0.0533. The number of aromatic nitrogens is 1. The van der Waals surface area contributed by atoms with Gasteiger partial charge in [0, 0.05) is 50.6 Å². The second-order valence-corrected chi connectivity index (χ2v) is 8.53. The number of halogens is 1. The standard InChI is InChI=1S/C24H28FN3O3/c25-21-3-1-2-20(15-21)23(30)28-11-7-24(8-12-28)16-19(6-13-31-24)14-22(29)27-17-18-4-9-26-10-5-18/h1-5,9-10,15,19H,6-8,11-14,16-17H2,(H,27,29). The van der Waals surface area contributed by atoms with Gasteiger partial charge < -0.3 is 15.0 Å². The summed E-state index contributed by atoms with van der Waals surface area (Å²) < 4.78 is 19.6. The van der Waals surface area contributed by atoms with Crippen LogP contribution < -0.4 is 5.32 Å². The van der Waals surface area contributed by atoms with E-state index in [1.165, 1.54) is 12.1 Å². The number of hydrogen-bond acceptors (Lipinski definition) is 4. The van der Waals surface area contributed by atoms with E-state index in [1.807, 2.05) is 12.1 Å². The number of carbonyl (C=O) groups excluding carboxylic acids is 2. The molecule has 0 bridgehead atoms. The van der Waals surface area contributed by atoms with E-state index in [0.717, 1.165) is 31.2 Å². The Labute approximate surface area is 181 Å². The summed E-state index contributed by atoms with van der Waals surface area (Å²) in [5.41, 5.74) is 1.14. The van der Waals surface area contributed by atoms with Gasteiger partial charge in [-0.15, -0.1) is 0 Å². The van der Waals surface area contributed by atoms with Crippen LogP contribution in [0.25, 0.3) is 0 Å². The number of amides is 2. The molecule has 0 radical (unpaired) electrons. The van der Waals surface area contributed by atoms with Gasteiger partial charge in [-0.3, -0.25) is 14.6 Å². The number of carbonyl (C=O) groups is 2. The van der Waals surface area contributed by atoms with E-state index in [-0.39, 0.29) is 23.3 Å². The van der Waals surface area contributed by atoms with Crippen LogP contribution in [0.5, 0.6) is 0 Å². The summed E-state index contributed by atoms with van der Waals surface area (Å²) in [7, 11) is 0. The van der Waals surface area contributed by atoms with Crippen LogP contribution in [0, 0.1) is 11.7 Å². The summed E-state index contributed by atoms with van der Waals surface area (Å²) in [4.78, 5) is 30.9. The molecule has 7 heteroatoms. The third kappa shape index (κ3) is 5.47. The second-order valence-electron chi connectivity index (χ2n) is 8.53. The first-order valence-corrected chi connectivity index (χ1v) is 10.9. The number of hydrogen-bond donors (Lipinski definition) is 1. The molecule has 1 N–H and O–H groups in total. The largest absolute Gasteiger partial charge is 0.375 e. The molecule has 0 saturated carbocycles. The molecule has 4 rings (SSSR count). The molecule has 2 saturated heterocycles. The van der Waals surface area contributed by atoms with Gasteiger partial charge in [0.1, 0.15) is 5.82 Å². The summed E-state index contributed by atoms with van der Waals surface area (Å²) in [6.45, 7) is 2.31. The zero-order valence-corrected chi connectivity index (χ0v) is 17.6. The molecule has 1 spiro atoms. The number of piperidine rings is 1. The molecule has 3 heterocycles. The highest BCUT2D eigenvalue weighted by molar-refractivity contribution is 5.94. The number of rotatable bonds is 5. The first-order chi connectivity index (χ1) is 15.0. The van der Waals surface area contributed by atoms with Crippen LogP contribution in [0.4, 0.5) is 4.39 Å². The van der Waals surface area contributed by atoms with E-state index in [9.17, 15) is 14.0 Å². The predicted octanol–water partition coefficient (Wildman–Crippen LogP) is 3.33. The van der Waals surface area contributed by atoms with Crippen molar-refractivity contribution in [3.8, 4) is 0 Å². The summed E-state index contributed by atoms with van der Waals surface area (Å²) in [6.07, 6.45) is 7.10. The minimum Gasteiger partial charge on any atom is -0.375 e. The maximum absolute atomic E-state index is 13.5. The van der Waals surface area contributed by atoms with Gasteiger partial charge >= 0.3 is 0 Å². The Morgan fingerprint density at radius 3 is 2.71 bits per heavy atom. The van der Waals surface area contributed by atoms with E-state index in [0.29, 0.717) is 38.2 Å². The molecule has 0 aliphatic carbocycles. The SMILES string of the molecule is O=C(CC1CCOC2(CCN(C(=O)c3cccc(F)c3)CC2)C1)NCc1ccncc1. The highest BCUT2D eigenvalue weighted by Gasteiger charge is 2.41. The Hall–Kier alpha value is -2.80. The fourth-order valence-electron chi connectivity index (χ4n) is 4.61. The van der Waals surface area contributed by atoms with Crippen molar-refractivity contribution in [2.45, 2.75) is 44.2 Å². The summed E-state index contributed by atoms with van der Waals surface area (Å²) in [5.74, 6) is -0.216. The van der Waals surface area contributed by atoms with Gasteiger partial charge in [-0.1, -0.05) is 6.07 Å². The van der Waals surface area contributed by atoms with Gasteiger partial charge in [0.05, 0.1) is 5.60 Å². The van der Waals surface area contributed by atoms with Crippen molar-refractivity contribution in [3.63, 3.8) is 0 Å². The van der Waals surface area contributed by atoms with Crippen molar-refractivity contribution in [3.05, 3.63) is 65.7 Å². The van der Waals surface area contributed by atoms with Crippen LogP contribution in [-0.4, -0.2) is 47.0 Å². The van der Waals surface area contributed by atoms with Gasteiger partial charge in [-0.2, -0.15) is 0 Å². The first kappa shape index (κ1) is 21.4. The molecule has 2 amide bonds. The fourth-order valence-corrected chi connectivity index (χ4v) is 4.61. The van der Waals surface area contributed by atoms with Crippen molar-refractivity contribution in [2.75, 3.05) is 19.7 Å². The van der Waals surface area contributed by atoms with Crippen LogP contribution in [0.1, 0.15) is 48.0 Å². The number of benzene rings is 1. The van der Waals surface area contributed by atoms with Gasteiger partial charge in [-0.25, -0.2) is 4.39 Å². The topological polar surface area (TPSA) is 71.5 Å². The third-order valence-corrected chi connectivity index (χ3v) is 6.34. The molecule has 1 unspecified atom stereocenters. The number of ether oxygens (including phenoxy) is 1. The predicted molar refractivity (Wildman–Crippen MR) is 114 cm³/mol. The maximum Gasteiger partial charge on any atom is 0.253 e. The molecule has 2 aliphatic heterocycles. The van der Waals surface area contributed by atoms with Gasteiger partial charge in [-0.05, 0) is 67.5 Å². The lowest BCUT2D eigenvalue weighted by Crippen LogP contribution is -2.51. The maximum atomic E-state index is 13.5. The smallest absolute Gasteiger partial charge is 0.253 e. The van der Waals surface area contributed by atoms with Crippen LogP contribution in [0.15, 0.2) is 48.8 Å². The van der Waals surface area contributed by atoms with Gasteiger partial charge in [0.25, 0.3) is 5.91 Å². The summed E-state index contributed by atoms with van der Waals surface area (Å²) >= 11 is 0. The fraction of sp³-hybridized carbons (Fsp3) is 0.458. The Morgan fingerprint density at radius 2 is 1.97 bits per heavy atom. The third-order valence-electron chi connectivity index (χ3n) is 6.34. The average molecular weight is 426 g/mol. The lowest BCUT2D eigenvalue weighted by molar-refractivity contribution is -0.134. The van der Waals surface area contributed by atoms with Crippen molar-refractivity contribution < 1.29 is 18.7 Å². The van der Waals surface area contributed by atoms with E-state index in [2.05, 4.69) is 10.3 Å². The van der Waals surface area contributed by atoms with Crippen LogP contribution in [-0.2, 0) is 16.1 Å². The van der Waals surface area contributed by atoms with E-state index < -0.39 is 5.82 Å². The van der Waals surface area contributed by atoms with Crippen LogP contribution >= 0.6 is 0 Å². The number of nitrogens with zero attached hydrogens (tertiary/aromatic N) is 2. The monoisotopic (exact) mass is 425 g/mol. The molecule has 6 nitrogen and oxygen atoms in total. The average Bonchev–Trinajstić information content (AvgIpc) is 2.79. The molecule has 2 aliphatic rings. The Bertz CT molecular complexity index is 913. The number of nitrogens with one attached hydrogen (secondary N) is 1. The zero-order chi connectivity index (χ0) is 21.7. The lowest BCUT2D eigenvalue weighted by atomic mass is 9.78. The van der Waals surface area contributed by atoms with Gasteiger partial charge in [0.15, 0.2) is 0 Å². The molecule has 31 heavy (non-hydrogen) atoms. The molecular weight excluding hydrogens is 397 g/mol. The van der Waals surface area contributed by atoms with Crippen LogP contribution in [0.3, 0.4) is 0 Å². The molecule has 164 valence electrons. The molecule has 1 atom stereocenters. The first-order valence-electron chi connectivity index (χ1n) is 10.9. The highest BCUT2D eigenvalue weighted by atomic mass is 19.1. The molecule has 2 aromatic rings. The quantitative estimate of drug-likeness (QED) is 0.798. The Morgan fingerprint density at radius 1 is 1.19 bits per heavy atom. The molecule has 2 fully saturated rings. The minimum atomic E-state index is -0.403. The highest BCUT2D eigenvalue weighted by Crippen LogP contribution is 2.39. The van der Waals surface area contributed by atoms with Crippen molar-refractivity contribution in [1.29, 1.82) is 0 Å².